The van der Waals surface area contributed by atoms with Crippen LogP contribution in [0.2, 0.25) is 0 Å². The highest BCUT2D eigenvalue weighted by Crippen LogP contribution is 2.28. The molecule has 134 valence electrons. The van der Waals surface area contributed by atoms with Crippen LogP contribution >= 0.6 is 0 Å². The predicted octanol–water partition coefficient (Wildman–Crippen LogP) is 1.56. The molecule has 0 saturated heterocycles. The van der Waals surface area contributed by atoms with Crippen molar-refractivity contribution >= 4 is 17.5 Å². The molecule has 1 aromatic carbocycles. The molecule has 1 atom stereocenters. The summed E-state index contributed by atoms with van der Waals surface area (Å²) in [6, 6.07) is 4.88. The highest BCUT2D eigenvalue weighted by molar-refractivity contribution is 6.39. The molecule has 24 heavy (non-hydrogen) atoms. The summed E-state index contributed by atoms with van der Waals surface area (Å²) >= 11 is 0. The lowest BCUT2D eigenvalue weighted by Crippen LogP contribution is -2.38. The number of aliphatic hydroxyl groups is 1. The van der Waals surface area contributed by atoms with E-state index in [1.165, 1.54) is 14.2 Å². The van der Waals surface area contributed by atoms with Gasteiger partial charge in [-0.3, -0.25) is 9.59 Å². The van der Waals surface area contributed by atoms with E-state index in [0.29, 0.717) is 23.6 Å². The van der Waals surface area contributed by atoms with E-state index in [4.69, 9.17) is 9.47 Å². The van der Waals surface area contributed by atoms with Crippen molar-refractivity contribution < 1.29 is 24.2 Å². The van der Waals surface area contributed by atoms with Crippen LogP contribution in [0.15, 0.2) is 18.2 Å². The molecule has 0 aliphatic rings. The number of methoxy groups -OCH3 is 2. The Bertz CT molecular complexity index is 581. The second-order valence-electron chi connectivity index (χ2n) is 6.45. The fourth-order valence-electron chi connectivity index (χ4n) is 1.93. The largest absolute Gasteiger partial charge is 0.497 e. The second-order valence-corrected chi connectivity index (χ2v) is 6.45. The van der Waals surface area contributed by atoms with Gasteiger partial charge in [0.15, 0.2) is 0 Å². The highest BCUT2D eigenvalue weighted by atomic mass is 16.5. The Morgan fingerprint density at radius 1 is 1.17 bits per heavy atom. The Balaban J connectivity index is 2.60. The van der Waals surface area contributed by atoms with Crippen LogP contribution in [0.25, 0.3) is 0 Å². The predicted molar refractivity (Wildman–Crippen MR) is 91.3 cm³/mol. The van der Waals surface area contributed by atoms with Crippen LogP contribution in [0.4, 0.5) is 5.69 Å². The Hall–Kier alpha value is -2.28. The van der Waals surface area contributed by atoms with Gasteiger partial charge in [0.05, 0.1) is 26.0 Å². The fourth-order valence-corrected chi connectivity index (χ4v) is 1.93. The van der Waals surface area contributed by atoms with Gasteiger partial charge in [0, 0.05) is 12.6 Å². The zero-order chi connectivity index (χ0) is 18.3. The van der Waals surface area contributed by atoms with Crippen LogP contribution in [-0.4, -0.2) is 43.8 Å². The van der Waals surface area contributed by atoms with Gasteiger partial charge in [-0.15, -0.1) is 0 Å². The number of carbonyl (C=O) groups excluding carboxylic acids is 2. The molecule has 7 heteroatoms. The van der Waals surface area contributed by atoms with Crippen LogP contribution < -0.4 is 20.1 Å². The van der Waals surface area contributed by atoms with Gasteiger partial charge in [-0.25, -0.2) is 0 Å². The second kappa shape index (κ2) is 8.54. The Morgan fingerprint density at radius 2 is 1.83 bits per heavy atom. The van der Waals surface area contributed by atoms with E-state index in [9.17, 15) is 14.7 Å². The summed E-state index contributed by atoms with van der Waals surface area (Å²) in [6.45, 7) is 5.92. The summed E-state index contributed by atoms with van der Waals surface area (Å²) in [5.41, 5.74) is 0.0627. The summed E-state index contributed by atoms with van der Waals surface area (Å²) in [5.74, 6) is -0.646. The van der Waals surface area contributed by atoms with Gasteiger partial charge in [0.1, 0.15) is 11.5 Å². The van der Waals surface area contributed by atoms with E-state index in [2.05, 4.69) is 10.6 Å². The lowest BCUT2D eigenvalue weighted by Gasteiger charge is -2.25. The lowest BCUT2D eigenvalue weighted by molar-refractivity contribution is -0.136. The van der Waals surface area contributed by atoms with Crippen molar-refractivity contribution in [3.63, 3.8) is 0 Å². The van der Waals surface area contributed by atoms with Gasteiger partial charge in [0.25, 0.3) is 0 Å². The molecular formula is C17H26N2O5. The first kappa shape index (κ1) is 19.8. The van der Waals surface area contributed by atoms with Crippen LogP contribution in [0, 0.1) is 5.41 Å². The number of rotatable bonds is 6. The molecule has 0 aromatic heterocycles. The number of nitrogens with one attached hydrogen (secondary N) is 2. The maximum Gasteiger partial charge on any atom is 0.313 e. The number of ether oxygens (including phenoxy) is 2. The van der Waals surface area contributed by atoms with Crippen LogP contribution in [0.3, 0.4) is 0 Å². The molecule has 1 rings (SSSR count). The normalized spacial score (nSPS) is 12.2. The minimum atomic E-state index is -0.813. The smallest absolute Gasteiger partial charge is 0.313 e. The minimum Gasteiger partial charge on any atom is -0.497 e. The van der Waals surface area contributed by atoms with E-state index in [0.717, 1.165) is 0 Å². The topological polar surface area (TPSA) is 96.9 Å². The lowest BCUT2D eigenvalue weighted by atomic mass is 9.87. The van der Waals surface area contributed by atoms with Crippen LogP contribution in [0.5, 0.6) is 11.5 Å². The summed E-state index contributed by atoms with van der Waals surface area (Å²) in [5, 5.41) is 14.9. The van der Waals surface area contributed by atoms with Gasteiger partial charge < -0.3 is 25.2 Å². The molecule has 2 amide bonds. The average molecular weight is 338 g/mol. The maximum atomic E-state index is 12.0. The molecule has 0 spiro atoms. The van der Waals surface area contributed by atoms with Crippen LogP contribution in [0.1, 0.15) is 27.2 Å². The van der Waals surface area contributed by atoms with Crippen molar-refractivity contribution in [2.24, 2.45) is 5.41 Å². The number of hydrogen-bond acceptors (Lipinski definition) is 5. The molecule has 0 radical (unpaired) electrons. The van der Waals surface area contributed by atoms with Gasteiger partial charge in [0.2, 0.25) is 0 Å². The molecule has 0 aliphatic carbocycles. The van der Waals surface area contributed by atoms with Crippen molar-refractivity contribution in [1.29, 1.82) is 0 Å². The number of hydrogen-bond donors (Lipinski definition) is 3. The van der Waals surface area contributed by atoms with Crippen molar-refractivity contribution in [3.8, 4) is 11.5 Å². The van der Waals surface area contributed by atoms with E-state index < -0.39 is 17.9 Å². The van der Waals surface area contributed by atoms with E-state index in [1.54, 1.807) is 18.2 Å². The Labute approximate surface area is 142 Å². The first-order valence-electron chi connectivity index (χ1n) is 7.68. The molecule has 3 N–H and O–H groups in total. The third-order valence-electron chi connectivity index (χ3n) is 3.56. The number of anilines is 1. The zero-order valence-electron chi connectivity index (χ0n) is 14.8. The molecular weight excluding hydrogens is 312 g/mol. The maximum absolute atomic E-state index is 12.0. The first-order valence-corrected chi connectivity index (χ1v) is 7.68. The van der Waals surface area contributed by atoms with Gasteiger partial charge in [-0.05, 0) is 24.0 Å². The average Bonchev–Trinajstić information content (AvgIpc) is 2.53. The number of carbonyl (C=O) groups is 2. The third-order valence-corrected chi connectivity index (χ3v) is 3.56. The zero-order valence-corrected chi connectivity index (χ0v) is 14.8. The Morgan fingerprint density at radius 3 is 2.38 bits per heavy atom. The molecule has 7 nitrogen and oxygen atoms in total. The van der Waals surface area contributed by atoms with E-state index in [1.807, 2.05) is 20.8 Å². The third kappa shape index (κ3) is 5.73. The van der Waals surface area contributed by atoms with Crippen LogP contribution in [-0.2, 0) is 9.59 Å². The number of benzene rings is 1. The van der Waals surface area contributed by atoms with Gasteiger partial charge >= 0.3 is 11.8 Å². The monoisotopic (exact) mass is 338 g/mol. The molecule has 1 unspecified atom stereocenters. The number of aliphatic hydroxyl groups excluding tert-OH is 1. The fraction of sp³-hybridized carbons (Fsp3) is 0.529. The van der Waals surface area contributed by atoms with Crippen molar-refractivity contribution in [3.05, 3.63) is 18.2 Å². The Kier molecular flexibility index (Phi) is 7.03. The van der Waals surface area contributed by atoms with E-state index >= 15 is 0 Å². The minimum absolute atomic E-state index is 0.208. The molecule has 0 heterocycles. The summed E-state index contributed by atoms with van der Waals surface area (Å²) in [6.07, 6.45) is -0.204. The molecule has 0 aliphatic heterocycles. The van der Waals surface area contributed by atoms with Gasteiger partial charge in [-0.1, -0.05) is 20.8 Å². The SMILES string of the molecule is COc1ccc(OC)c(NC(=O)C(=O)NCCC(O)C(C)(C)C)c1. The van der Waals surface area contributed by atoms with Gasteiger partial charge in [-0.2, -0.15) is 0 Å². The molecule has 0 fully saturated rings. The summed E-state index contributed by atoms with van der Waals surface area (Å²) in [4.78, 5) is 23.8. The summed E-state index contributed by atoms with van der Waals surface area (Å²) < 4.78 is 10.2. The standard InChI is InChI=1S/C17H26N2O5/c1-17(2,3)14(20)8-9-18-15(21)16(22)19-12-10-11(23-4)6-7-13(12)24-5/h6-7,10,14,20H,8-9H2,1-5H3,(H,18,21)(H,19,22). The molecule has 1 aromatic rings. The number of amides is 2. The molecule has 0 saturated carbocycles. The summed E-state index contributed by atoms with van der Waals surface area (Å²) in [7, 11) is 2.96. The molecule has 0 bridgehead atoms. The van der Waals surface area contributed by atoms with Crippen molar-refractivity contribution in [1.82, 2.24) is 5.32 Å². The van der Waals surface area contributed by atoms with E-state index in [-0.39, 0.29) is 12.0 Å². The van der Waals surface area contributed by atoms with Crippen molar-refractivity contribution in [2.75, 3.05) is 26.1 Å². The highest BCUT2D eigenvalue weighted by Gasteiger charge is 2.22. The quantitative estimate of drug-likeness (QED) is 0.684. The van der Waals surface area contributed by atoms with Crippen molar-refractivity contribution in [2.45, 2.75) is 33.3 Å². The first-order chi connectivity index (χ1) is 11.2.